The Bertz CT molecular complexity index is 520. The van der Waals surface area contributed by atoms with Crippen LogP contribution in [0.15, 0.2) is 36.5 Å². The highest BCUT2D eigenvalue weighted by Gasteiger charge is 2.06. The fourth-order valence-electron chi connectivity index (χ4n) is 1.96. The molecule has 1 atom stereocenters. The summed E-state index contributed by atoms with van der Waals surface area (Å²) < 4.78 is 0. The van der Waals surface area contributed by atoms with Gasteiger partial charge in [0.15, 0.2) is 0 Å². The van der Waals surface area contributed by atoms with Crippen LogP contribution in [0.2, 0.25) is 0 Å². The molecule has 100 valence electrons. The summed E-state index contributed by atoms with van der Waals surface area (Å²) in [5.41, 5.74) is 9.11. The summed E-state index contributed by atoms with van der Waals surface area (Å²) in [7, 11) is 0. The minimum atomic E-state index is 0.415. The Labute approximate surface area is 114 Å². The van der Waals surface area contributed by atoms with E-state index in [1.165, 1.54) is 5.56 Å². The van der Waals surface area contributed by atoms with Gasteiger partial charge in [-0.15, -0.1) is 0 Å². The van der Waals surface area contributed by atoms with Crippen molar-refractivity contribution in [3.63, 3.8) is 0 Å². The van der Waals surface area contributed by atoms with Gasteiger partial charge in [0.2, 0.25) is 0 Å². The van der Waals surface area contributed by atoms with Crippen molar-refractivity contribution in [3.05, 3.63) is 47.9 Å². The van der Waals surface area contributed by atoms with Crippen LogP contribution in [-0.2, 0) is 12.8 Å². The lowest BCUT2D eigenvalue weighted by atomic mass is 10.1. The molecule has 0 bridgehead atoms. The van der Waals surface area contributed by atoms with Crippen molar-refractivity contribution in [2.45, 2.75) is 26.7 Å². The van der Waals surface area contributed by atoms with Gasteiger partial charge in [0.1, 0.15) is 5.82 Å². The van der Waals surface area contributed by atoms with Gasteiger partial charge < -0.3 is 5.73 Å². The van der Waals surface area contributed by atoms with E-state index < -0.39 is 0 Å². The topological polar surface area (TPSA) is 51.8 Å². The SMILES string of the molecule is CCc1ccc(-c2ccnc(CC(C)CN)n2)cc1. The van der Waals surface area contributed by atoms with E-state index in [-0.39, 0.29) is 0 Å². The van der Waals surface area contributed by atoms with Gasteiger partial charge in [0, 0.05) is 18.2 Å². The third-order valence-corrected chi connectivity index (χ3v) is 3.30. The molecule has 19 heavy (non-hydrogen) atoms. The van der Waals surface area contributed by atoms with Gasteiger partial charge in [0.05, 0.1) is 5.69 Å². The highest BCUT2D eigenvalue weighted by Crippen LogP contribution is 2.18. The predicted molar refractivity (Wildman–Crippen MR) is 78.8 cm³/mol. The van der Waals surface area contributed by atoms with Crippen LogP contribution in [0.4, 0.5) is 0 Å². The molecule has 0 aliphatic heterocycles. The molecule has 0 aliphatic carbocycles. The molecule has 0 amide bonds. The van der Waals surface area contributed by atoms with E-state index in [0.29, 0.717) is 12.5 Å². The summed E-state index contributed by atoms with van der Waals surface area (Å²) in [5, 5.41) is 0. The van der Waals surface area contributed by atoms with Crippen LogP contribution in [0.5, 0.6) is 0 Å². The fraction of sp³-hybridized carbons (Fsp3) is 0.375. The Kier molecular flexibility index (Phi) is 4.63. The Morgan fingerprint density at radius 3 is 2.53 bits per heavy atom. The van der Waals surface area contributed by atoms with Gasteiger partial charge in [-0.1, -0.05) is 38.1 Å². The van der Waals surface area contributed by atoms with Crippen LogP contribution in [0, 0.1) is 5.92 Å². The van der Waals surface area contributed by atoms with E-state index in [1.807, 2.05) is 12.3 Å². The first-order valence-corrected chi connectivity index (χ1v) is 6.84. The van der Waals surface area contributed by atoms with Crippen LogP contribution in [-0.4, -0.2) is 16.5 Å². The second kappa shape index (κ2) is 6.43. The van der Waals surface area contributed by atoms with E-state index in [0.717, 1.165) is 29.9 Å². The van der Waals surface area contributed by atoms with Gasteiger partial charge in [-0.25, -0.2) is 9.97 Å². The van der Waals surface area contributed by atoms with E-state index in [1.54, 1.807) is 0 Å². The number of aryl methyl sites for hydroxylation is 1. The molecule has 0 aliphatic rings. The van der Waals surface area contributed by atoms with E-state index in [9.17, 15) is 0 Å². The zero-order valence-corrected chi connectivity index (χ0v) is 11.6. The number of aromatic nitrogens is 2. The molecule has 3 heteroatoms. The van der Waals surface area contributed by atoms with Crippen molar-refractivity contribution in [1.82, 2.24) is 9.97 Å². The van der Waals surface area contributed by atoms with Crippen LogP contribution < -0.4 is 5.73 Å². The maximum absolute atomic E-state index is 5.65. The molecule has 1 aromatic carbocycles. The van der Waals surface area contributed by atoms with Crippen molar-refractivity contribution >= 4 is 0 Å². The standard InChI is InChI=1S/C16H21N3/c1-3-13-4-6-14(7-5-13)15-8-9-18-16(19-15)10-12(2)11-17/h4-9,12H,3,10-11,17H2,1-2H3. The molecular weight excluding hydrogens is 234 g/mol. The van der Waals surface area contributed by atoms with Crippen LogP contribution in [0.25, 0.3) is 11.3 Å². The Morgan fingerprint density at radius 2 is 1.89 bits per heavy atom. The van der Waals surface area contributed by atoms with Crippen molar-refractivity contribution in [2.24, 2.45) is 11.7 Å². The average Bonchev–Trinajstić information content (AvgIpc) is 2.47. The summed E-state index contributed by atoms with van der Waals surface area (Å²) in [6, 6.07) is 10.5. The van der Waals surface area contributed by atoms with Gasteiger partial charge in [-0.05, 0) is 30.5 Å². The number of nitrogens with zero attached hydrogens (tertiary/aromatic N) is 2. The molecule has 0 saturated carbocycles. The van der Waals surface area contributed by atoms with Gasteiger partial charge in [-0.2, -0.15) is 0 Å². The molecule has 0 fully saturated rings. The van der Waals surface area contributed by atoms with Crippen molar-refractivity contribution in [2.75, 3.05) is 6.54 Å². The first-order chi connectivity index (χ1) is 9.22. The zero-order chi connectivity index (χ0) is 13.7. The summed E-state index contributed by atoms with van der Waals surface area (Å²) in [6.45, 7) is 4.94. The van der Waals surface area contributed by atoms with Gasteiger partial charge >= 0.3 is 0 Å². The highest BCUT2D eigenvalue weighted by atomic mass is 14.9. The monoisotopic (exact) mass is 255 g/mol. The summed E-state index contributed by atoms with van der Waals surface area (Å²) in [5.74, 6) is 1.28. The largest absolute Gasteiger partial charge is 0.330 e. The zero-order valence-electron chi connectivity index (χ0n) is 11.6. The molecule has 1 unspecified atom stereocenters. The van der Waals surface area contributed by atoms with Gasteiger partial charge in [0.25, 0.3) is 0 Å². The first kappa shape index (κ1) is 13.7. The van der Waals surface area contributed by atoms with Crippen LogP contribution >= 0.6 is 0 Å². The Balaban J connectivity index is 2.21. The predicted octanol–water partition coefficient (Wildman–Crippen LogP) is 2.84. The third-order valence-electron chi connectivity index (χ3n) is 3.30. The molecule has 2 rings (SSSR count). The highest BCUT2D eigenvalue weighted by molar-refractivity contribution is 5.58. The van der Waals surface area contributed by atoms with Crippen molar-refractivity contribution in [1.29, 1.82) is 0 Å². The Morgan fingerprint density at radius 1 is 1.16 bits per heavy atom. The number of hydrogen-bond acceptors (Lipinski definition) is 3. The van der Waals surface area contributed by atoms with Crippen LogP contribution in [0.1, 0.15) is 25.2 Å². The lowest BCUT2D eigenvalue weighted by Crippen LogP contribution is -2.14. The number of hydrogen-bond donors (Lipinski definition) is 1. The second-order valence-electron chi connectivity index (χ2n) is 4.95. The first-order valence-electron chi connectivity index (χ1n) is 6.84. The molecule has 0 saturated heterocycles. The summed E-state index contributed by atoms with van der Waals surface area (Å²) >= 11 is 0. The van der Waals surface area contributed by atoms with Gasteiger partial charge in [-0.3, -0.25) is 0 Å². The lowest BCUT2D eigenvalue weighted by molar-refractivity contribution is 0.574. The minimum Gasteiger partial charge on any atom is -0.330 e. The maximum atomic E-state index is 5.65. The normalized spacial score (nSPS) is 12.4. The van der Waals surface area contributed by atoms with Crippen LogP contribution in [0.3, 0.4) is 0 Å². The number of rotatable bonds is 5. The molecule has 3 nitrogen and oxygen atoms in total. The van der Waals surface area contributed by atoms with Crippen molar-refractivity contribution in [3.8, 4) is 11.3 Å². The summed E-state index contributed by atoms with van der Waals surface area (Å²) in [6.07, 6.45) is 3.72. The molecular formula is C16H21N3. The third kappa shape index (κ3) is 3.61. The lowest BCUT2D eigenvalue weighted by Gasteiger charge is -2.08. The fourth-order valence-corrected chi connectivity index (χ4v) is 1.96. The summed E-state index contributed by atoms with van der Waals surface area (Å²) in [4.78, 5) is 8.94. The molecule has 2 N–H and O–H groups in total. The molecule has 2 aromatic rings. The molecule has 0 spiro atoms. The maximum Gasteiger partial charge on any atom is 0.129 e. The van der Waals surface area contributed by atoms with E-state index in [4.69, 9.17) is 5.73 Å². The quantitative estimate of drug-likeness (QED) is 0.893. The number of nitrogens with two attached hydrogens (primary N) is 1. The second-order valence-corrected chi connectivity index (χ2v) is 4.95. The van der Waals surface area contributed by atoms with E-state index in [2.05, 4.69) is 48.1 Å². The molecule has 1 aromatic heterocycles. The molecule has 1 heterocycles. The average molecular weight is 255 g/mol. The minimum absolute atomic E-state index is 0.415. The molecule has 0 radical (unpaired) electrons. The Hall–Kier alpha value is -1.74. The van der Waals surface area contributed by atoms with Crippen molar-refractivity contribution < 1.29 is 0 Å². The smallest absolute Gasteiger partial charge is 0.129 e. The number of benzene rings is 1. The van der Waals surface area contributed by atoms with E-state index >= 15 is 0 Å².